The summed E-state index contributed by atoms with van der Waals surface area (Å²) in [6, 6.07) is 16.7. The highest BCUT2D eigenvalue weighted by atomic mass is 16.5. The first-order chi connectivity index (χ1) is 18.2. The van der Waals surface area contributed by atoms with E-state index in [4.69, 9.17) is 4.74 Å². The lowest BCUT2D eigenvalue weighted by Gasteiger charge is -2.55. The number of hydrogen-bond acceptors (Lipinski definition) is 5. The number of hydrazine groups is 1. The van der Waals surface area contributed by atoms with Gasteiger partial charge in [0.05, 0.1) is 20.2 Å². The van der Waals surface area contributed by atoms with E-state index < -0.39 is 12.2 Å². The van der Waals surface area contributed by atoms with Crippen LogP contribution >= 0.6 is 0 Å². The number of carbonyl (C=O) groups is 3. The van der Waals surface area contributed by atoms with Crippen LogP contribution in [0.2, 0.25) is 0 Å². The highest BCUT2D eigenvalue weighted by molar-refractivity contribution is 5.91. The lowest BCUT2D eigenvalue weighted by Crippen LogP contribution is -2.76. The smallest absolute Gasteiger partial charge is 0.334 e. The average molecular weight is 522 g/mol. The number of hydrogen-bond donors (Lipinski definition) is 1. The third-order valence-corrected chi connectivity index (χ3v) is 7.73. The second kappa shape index (κ2) is 11.9. The normalized spacial score (nSPS) is 21.7. The number of urea groups is 1. The van der Waals surface area contributed by atoms with Crippen LogP contribution in [0.3, 0.4) is 0 Å². The SMILES string of the molecule is CCC(C)[C@H]1C(=O)N(CC(C)c2ccccc2)C[C@H]2N1C(=O)CN(C)N2C(=O)NCc1ccc(OC)cc1. The third kappa shape index (κ3) is 5.62. The Morgan fingerprint density at radius 3 is 2.39 bits per heavy atom. The second-order valence-corrected chi connectivity index (χ2v) is 10.3. The van der Waals surface area contributed by atoms with Crippen molar-refractivity contribution in [1.29, 1.82) is 0 Å². The quantitative estimate of drug-likeness (QED) is 0.576. The van der Waals surface area contributed by atoms with Gasteiger partial charge in [-0.15, -0.1) is 0 Å². The van der Waals surface area contributed by atoms with Gasteiger partial charge in [0.25, 0.3) is 0 Å². The minimum Gasteiger partial charge on any atom is -0.497 e. The number of piperazine rings is 1. The molecule has 2 unspecified atom stereocenters. The van der Waals surface area contributed by atoms with Crippen molar-refractivity contribution < 1.29 is 19.1 Å². The molecule has 9 nitrogen and oxygen atoms in total. The van der Waals surface area contributed by atoms with E-state index in [0.717, 1.165) is 23.3 Å². The van der Waals surface area contributed by atoms with E-state index in [0.29, 0.717) is 13.1 Å². The number of carbonyl (C=O) groups excluding carboxylic acids is 3. The van der Waals surface area contributed by atoms with Crippen LogP contribution in [-0.2, 0) is 16.1 Å². The number of amides is 4. The van der Waals surface area contributed by atoms with Crippen molar-refractivity contribution in [3.8, 4) is 5.75 Å². The molecule has 2 heterocycles. The number of benzene rings is 2. The van der Waals surface area contributed by atoms with Gasteiger partial charge >= 0.3 is 6.03 Å². The van der Waals surface area contributed by atoms with Gasteiger partial charge in [0.1, 0.15) is 18.0 Å². The summed E-state index contributed by atoms with van der Waals surface area (Å²) in [5.74, 6) is 0.633. The Morgan fingerprint density at radius 1 is 1.08 bits per heavy atom. The summed E-state index contributed by atoms with van der Waals surface area (Å²) in [6.07, 6.45) is 0.158. The van der Waals surface area contributed by atoms with Gasteiger partial charge in [0.15, 0.2) is 0 Å². The molecule has 0 aromatic heterocycles. The van der Waals surface area contributed by atoms with Crippen LogP contribution in [0.25, 0.3) is 0 Å². The van der Waals surface area contributed by atoms with E-state index in [-0.39, 0.29) is 42.8 Å². The monoisotopic (exact) mass is 521 g/mol. The van der Waals surface area contributed by atoms with Gasteiger partial charge in [-0.25, -0.2) is 14.8 Å². The number of methoxy groups -OCH3 is 1. The lowest BCUT2D eigenvalue weighted by atomic mass is 9.91. The molecule has 2 saturated heterocycles. The molecule has 0 aliphatic carbocycles. The highest BCUT2D eigenvalue weighted by Crippen LogP contribution is 2.31. The average Bonchev–Trinajstić information content (AvgIpc) is 2.93. The summed E-state index contributed by atoms with van der Waals surface area (Å²) in [4.78, 5) is 44.2. The van der Waals surface area contributed by atoms with Gasteiger partial charge in [-0.1, -0.05) is 69.7 Å². The summed E-state index contributed by atoms with van der Waals surface area (Å²) >= 11 is 0. The zero-order valence-electron chi connectivity index (χ0n) is 23.0. The molecule has 2 aromatic rings. The van der Waals surface area contributed by atoms with Crippen molar-refractivity contribution in [2.45, 2.75) is 51.9 Å². The molecule has 4 rings (SSSR count). The van der Waals surface area contributed by atoms with Crippen molar-refractivity contribution in [2.75, 3.05) is 33.8 Å². The van der Waals surface area contributed by atoms with E-state index in [1.54, 1.807) is 29.1 Å². The van der Waals surface area contributed by atoms with Crippen molar-refractivity contribution in [3.63, 3.8) is 0 Å². The van der Waals surface area contributed by atoms with Gasteiger partial charge in [0, 0.05) is 20.1 Å². The molecule has 2 fully saturated rings. The highest BCUT2D eigenvalue weighted by Gasteiger charge is 2.52. The standard InChI is InChI=1S/C29H39N5O4/c1-6-20(2)27-28(36)32(17-21(3)23-10-8-7-9-11-23)18-25-33(27)26(35)19-31(4)34(25)29(37)30-16-22-12-14-24(38-5)15-13-22/h7-15,20-21,25,27H,6,16-19H2,1-5H3,(H,30,37)/t20?,21?,25-,27-/m0/s1. The summed E-state index contributed by atoms with van der Waals surface area (Å²) in [5, 5.41) is 6.26. The van der Waals surface area contributed by atoms with Crippen LogP contribution in [0.1, 0.15) is 44.2 Å². The topological polar surface area (TPSA) is 85.4 Å². The number of nitrogens with one attached hydrogen (secondary N) is 1. The van der Waals surface area contributed by atoms with Gasteiger partial charge in [-0.3, -0.25) is 9.59 Å². The minimum atomic E-state index is -0.611. The maximum atomic E-state index is 13.8. The van der Waals surface area contributed by atoms with Gasteiger partial charge < -0.3 is 19.9 Å². The molecule has 2 aromatic carbocycles. The Kier molecular flexibility index (Phi) is 8.56. The molecule has 0 saturated carbocycles. The number of likely N-dealkylation sites (N-methyl/N-ethyl adjacent to an activating group) is 1. The Balaban J connectivity index is 1.58. The number of fused-ring (bicyclic) bond motifs is 1. The van der Waals surface area contributed by atoms with Crippen molar-refractivity contribution >= 4 is 17.8 Å². The van der Waals surface area contributed by atoms with Crippen LogP contribution in [-0.4, -0.2) is 83.7 Å². The maximum absolute atomic E-state index is 13.8. The van der Waals surface area contributed by atoms with E-state index in [1.807, 2.05) is 61.2 Å². The van der Waals surface area contributed by atoms with Crippen molar-refractivity contribution in [1.82, 2.24) is 25.1 Å². The molecule has 4 amide bonds. The maximum Gasteiger partial charge on any atom is 0.334 e. The molecule has 38 heavy (non-hydrogen) atoms. The fourth-order valence-electron chi connectivity index (χ4n) is 5.38. The van der Waals surface area contributed by atoms with Gasteiger partial charge in [0.2, 0.25) is 11.8 Å². The Labute approximate surface area is 225 Å². The molecule has 0 radical (unpaired) electrons. The van der Waals surface area contributed by atoms with Crippen molar-refractivity contribution in [3.05, 3.63) is 65.7 Å². The fourth-order valence-corrected chi connectivity index (χ4v) is 5.38. The fraction of sp³-hybridized carbons (Fsp3) is 0.483. The first-order valence-electron chi connectivity index (χ1n) is 13.3. The van der Waals surface area contributed by atoms with E-state index in [2.05, 4.69) is 24.4 Å². The van der Waals surface area contributed by atoms with Crippen LogP contribution in [0.5, 0.6) is 5.75 Å². The van der Waals surface area contributed by atoms with E-state index in [9.17, 15) is 14.4 Å². The lowest BCUT2D eigenvalue weighted by molar-refractivity contribution is -0.190. The molecule has 2 aliphatic rings. The molecular weight excluding hydrogens is 482 g/mol. The van der Waals surface area contributed by atoms with Crippen LogP contribution in [0.4, 0.5) is 4.79 Å². The minimum absolute atomic E-state index is 0.0348. The zero-order valence-corrected chi connectivity index (χ0v) is 23.0. The third-order valence-electron chi connectivity index (χ3n) is 7.73. The molecule has 2 aliphatic heterocycles. The molecule has 4 atom stereocenters. The Hall–Kier alpha value is -3.59. The van der Waals surface area contributed by atoms with Crippen LogP contribution < -0.4 is 10.1 Å². The first kappa shape index (κ1) is 27.4. The predicted octanol–water partition coefficient (Wildman–Crippen LogP) is 3.28. The summed E-state index contributed by atoms with van der Waals surface area (Å²) in [6.45, 7) is 7.27. The molecular formula is C29H39N5O4. The number of nitrogens with zero attached hydrogens (tertiary/aromatic N) is 4. The summed E-state index contributed by atoms with van der Waals surface area (Å²) < 4.78 is 5.21. The Morgan fingerprint density at radius 2 is 1.76 bits per heavy atom. The van der Waals surface area contributed by atoms with E-state index >= 15 is 0 Å². The number of rotatable bonds is 8. The zero-order chi connectivity index (χ0) is 27.4. The molecule has 0 spiro atoms. The van der Waals surface area contributed by atoms with Crippen LogP contribution in [0.15, 0.2) is 54.6 Å². The molecule has 0 bridgehead atoms. The second-order valence-electron chi connectivity index (χ2n) is 10.3. The Bertz CT molecular complexity index is 1130. The largest absolute Gasteiger partial charge is 0.497 e. The summed E-state index contributed by atoms with van der Waals surface area (Å²) in [7, 11) is 3.36. The van der Waals surface area contributed by atoms with Gasteiger partial charge in [-0.2, -0.15) is 0 Å². The van der Waals surface area contributed by atoms with Crippen LogP contribution in [0, 0.1) is 5.92 Å². The van der Waals surface area contributed by atoms with Gasteiger partial charge in [-0.05, 0) is 35.1 Å². The summed E-state index contributed by atoms with van der Waals surface area (Å²) in [5.41, 5.74) is 2.08. The van der Waals surface area contributed by atoms with Crippen molar-refractivity contribution in [2.24, 2.45) is 5.92 Å². The molecule has 204 valence electrons. The molecule has 1 N–H and O–H groups in total. The van der Waals surface area contributed by atoms with E-state index in [1.165, 1.54) is 0 Å². The number of ether oxygens (including phenoxy) is 1. The predicted molar refractivity (Wildman–Crippen MR) is 145 cm³/mol. The molecule has 9 heteroatoms. The first-order valence-corrected chi connectivity index (χ1v) is 13.3.